The van der Waals surface area contributed by atoms with Gasteiger partial charge in [0.05, 0.1) is 47.8 Å². The van der Waals surface area contributed by atoms with Gasteiger partial charge in [0.2, 0.25) is 0 Å². The van der Waals surface area contributed by atoms with Gasteiger partial charge in [0.25, 0.3) is 0 Å². The van der Waals surface area contributed by atoms with Gasteiger partial charge in [-0.05, 0) is 115 Å². The molecule has 640 valence electrons. The van der Waals surface area contributed by atoms with Gasteiger partial charge in [0, 0.05) is 49.7 Å². The van der Waals surface area contributed by atoms with Crippen LogP contribution in [0.2, 0.25) is 0 Å². The van der Waals surface area contributed by atoms with Crippen LogP contribution in [0.15, 0.2) is 0 Å². The average molecular weight is 1720 g/mol. The molecule has 0 aliphatic heterocycles. The van der Waals surface area contributed by atoms with Crippen molar-refractivity contribution in [3.05, 3.63) is 29.7 Å². The summed E-state index contributed by atoms with van der Waals surface area (Å²) in [6.45, 7) is 26.5. The zero-order valence-electron chi connectivity index (χ0n) is 73.7. The molecule has 0 saturated heterocycles. The zero-order chi connectivity index (χ0) is 73.4. The van der Waals surface area contributed by atoms with E-state index in [2.05, 4.69) is 113 Å². The minimum atomic E-state index is 0. The summed E-state index contributed by atoms with van der Waals surface area (Å²) in [7, 11) is 13.8. The number of likely N-dealkylation sites (N-methyl/N-ethyl adjacent to an activating group) is 3. The number of hydrogen-bond acceptors (Lipinski definition) is 4. The SMILES string of the molecule is BrCCCCCCC1CCCC1.BrCCCCCCC1CCCC1.C=[N+](CCCCCCCCCCO)CCN(C)C.C=[N+](CCCCCCCCCCO)CC[N+](C)(C)CCCCCCC1CCCC1.C=[N+](CCCCCCCCCCO)CC[N+](C)(C)CCCCCCC1CCCC1.[CH3-].[CH3-].[CH3-].[CH3-].[Fe+2].[Fe+2]. The smallest absolute Gasteiger partial charge is 0.396 e. The summed E-state index contributed by atoms with van der Waals surface area (Å²) in [5.41, 5.74) is 0. The molecule has 0 aromatic rings. The average Bonchev–Trinajstić information content (AvgIpc) is 1.31. The van der Waals surface area contributed by atoms with Crippen LogP contribution in [0.1, 0.15) is 385 Å². The van der Waals surface area contributed by atoms with Crippen LogP contribution in [0, 0.1) is 53.4 Å². The number of quaternary nitrogens is 2. The van der Waals surface area contributed by atoms with Crippen LogP contribution >= 0.6 is 31.9 Å². The van der Waals surface area contributed by atoms with Crippen molar-refractivity contribution in [1.29, 1.82) is 0 Å². The van der Waals surface area contributed by atoms with E-state index in [-0.39, 0.29) is 63.8 Å². The third-order valence-corrected chi connectivity index (χ3v) is 24.3. The molecular formula is C93H195Br2Fe2N6O3+5. The largest absolute Gasteiger partial charge is 2.00 e. The Morgan fingerprint density at radius 3 is 0.708 bits per heavy atom. The predicted molar refractivity (Wildman–Crippen MR) is 479 cm³/mol. The number of rotatable bonds is 65. The maximum Gasteiger partial charge on any atom is 2.00 e. The van der Waals surface area contributed by atoms with Gasteiger partial charge in [-0.1, -0.05) is 321 Å². The number of halogens is 2. The van der Waals surface area contributed by atoms with Crippen LogP contribution in [-0.4, -0.2) is 208 Å². The Hall–Kier alpha value is 0.769. The van der Waals surface area contributed by atoms with Crippen molar-refractivity contribution in [2.45, 2.75) is 385 Å². The van der Waals surface area contributed by atoms with E-state index in [4.69, 9.17) is 15.3 Å². The molecule has 4 rings (SSSR count). The van der Waals surface area contributed by atoms with E-state index < -0.39 is 0 Å². The van der Waals surface area contributed by atoms with Crippen molar-refractivity contribution in [2.75, 3.05) is 145 Å². The third kappa shape index (κ3) is 88.7. The van der Waals surface area contributed by atoms with E-state index in [1.807, 2.05) is 0 Å². The van der Waals surface area contributed by atoms with E-state index in [9.17, 15) is 0 Å². The van der Waals surface area contributed by atoms with E-state index in [1.54, 1.807) is 0 Å². The van der Waals surface area contributed by atoms with Gasteiger partial charge in [-0.3, -0.25) is 0 Å². The van der Waals surface area contributed by atoms with E-state index in [0.717, 1.165) is 97.7 Å². The first-order valence-corrected chi connectivity index (χ1v) is 46.7. The van der Waals surface area contributed by atoms with E-state index in [1.165, 1.54) is 403 Å². The van der Waals surface area contributed by atoms with Gasteiger partial charge < -0.3 is 58.9 Å². The molecule has 106 heavy (non-hydrogen) atoms. The van der Waals surface area contributed by atoms with Crippen LogP contribution in [0.5, 0.6) is 0 Å². The topological polar surface area (TPSA) is 73.0 Å². The molecule has 0 spiro atoms. The van der Waals surface area contributed by atoms with Gasteiger partial charge in [-0.15, -0.1) is 0 Å². The predicted octanol–water partition coefficient (Wildman–Crippen LogP) is 25.3. The van der Waals surface area contributed by atoms with Gasteiger partial charge in [0.1, 0.15) is 52.9 Å². The molecule has 0 atom stereocenters. The Balaban J connectivity index is -0.000000238. The normalized spacial score (nSPS) is 14.5. The molecule has 9 nitrogen and oxygen atoms in total. The second kappa shape index (κ2) is 91.3. The van der Waals surface area contributed by atoms with Crippen LogP contribution < -0.4 is 0 Å². The van der Waals surface area contributed by atoms with Crippen LogP contribution in [0.25, 0.3) is 0 Å². The fraction of sp³-hybridized carbons (Fsp3) is 0.925. The first-order chi connectivity index (χ1) is 48.6. The molecule has 0 aromatic heterocycles. The summed E-state index contributed by atoms with van der Waals surface area (Å²) < 4.78 is 9.05. The Morgan fingerprint density at radius 1 is 0.283 bits per heavy atom. The van der Waals surface area contributed by atoms with Crippen molar-refractivity contribution >= 4 is 52.0 Å². The van der Waals surface area contributed by atoms with E-state index in [0.29, 0.717) is 19.8 Å². The summed E-state index contributed by atoms with van der Waals surface area (Å²) >= 11 is 6.94. The number of hydrogen-bond donors (Lipinski definition) is 3. The molecule has 13 heteroatoms. The fourth-order valence-electron chi connectivity index (χ4n) is 15.9. The number of alkyl halides is 2. The van der Waals surface area contributed by atoms with Crippen molar-refractivity contribution in [1.82, 2.24) is 4.90 Å². The second-order valence-corrected chi connectivity index (χ2v) is 36.0. The van der Waals surface area contributed by atoms with Crippen molar-refractivity contribution in [2.24, 2.45) is 23.7 Å². The van der Waals surface area contributed by atoms with Crippen molar-refractivity contribution in [3.8, 4) is 0 Å². The monoisotopic (exact) mass is 1710 g/mol. The molecule has 4 saturated carbocycles. The molecule has 4 aliphatic carbocycles. The van der Waals surface area contributed by atoms with Crippen LogP contribution in [-0.2, 0) is 34.1 Å². The molecule has 3 N–H and O–H groups in total. The van der Waals surface area contributed by atoms with Crippen molar-refractivity contribution in [3.63, 3.8) is 0 Å². The summed E-state index contributed by atoms with van der Waals surface area (Å²) in [6.07, 6.45) is 83.4. The standard InChI is InChI=1S/2C26H54N2O.C15H33N2O.2C11H21Br.4CH3.2Fe/c2*1-27(21-15-9-6-4-5-7-11-17-25-29)22-24-28(2,3)23-16-10-8-12-18-26-19-13-14-20-26;1-16(2)13-14-17(3)12-10-8-6-4-5-7-9-11-15-18;2*12-10-6-2-1-3-7-11-8-4-5-9-11;;;;;;/h2*26,29H,1,4-25H2,2-3H3;18H,3-15H2,1-2H3;2*11H,1-10H2;4*1H3;;/q2*+2;+1;;;4*-1;2*+2. The zero-order valence-corrected chi connectivity index (χ0v) is 79.0. The fourth-order valence-corrected chi connectivity index (χ4v) is 16.7. The quantitative estimate of drug-likeness (QED) is 0.0108. The molecule has 4 fully saturated rings. The number of nitrogens with zero attached hydrogens (tertiary/aromatic N) is 6. The Morgan fingerprint density at radius 2 is 0.481 bits per heavy atom. The van der Waals surface area contributed by atoms with Crippen LogP contribution in [0.3, 0.4) is 0 Å². The third-order valence-electron chi connectivity index (χ3n) is 23.2. The molecule has 0 bridgehead atoms. The minimum Gasteiger partial charge on any atom is -0.396 e. The second-order valence-electron chi connectivity index (χ2n) is 34.4. The molecule has 0 amide bonds. The molecule has 0 unspecified atom stereocenters. The van der Waals surface area contributed by atoms with Crippen molar-refractivity contribution < 1.29 is 72.1 Å². The van der Waals surface area contributed by atoms with Gasteiger partial charge in [-0.2, -0.15) is 0 Å². The van der Waals surface area contributed by atoms with Gasteiger partial charge in [-0.25, -0.2) is 13.7 Å². The molecule has 0 heterocycles. The maximum absolute atomic E-state index is 8.78. The number of aliphatic hydroxyl groups is 3. The molecule has 0 aromatic carbocycles. The number of aliphatic hydroxyl groups excluding tert-OH is 3. The Kier molecular flexibility index (Phi) is 103. The molecular weight excluding hydrogens is 1520 g/mol. The first-order valence-electron chi connectivity index (χ1n) is 44.5. The molecule has 4 aliphatic rings. The van der Waals surface area contributed by atoms with E-state index >= 15 is 0 Å². The maximum atomic E-state index is 8.78. The summed E-state index contributed by atoms with van der Waals surface area (Å²) in [4.78, 5) is 2.20. The summed E-state index contributed by atoms with van der Waals surface area (Å²) in [5, 5.41) is 28.6. The first kappa shape index (κ1) is 120. The van der Waals surface area contributed by atoms with Gasteiger partial charge in [0.15, 0.2) is 19.6 Å². The summed E-state index contributed by atoms with van der Waals surface area (Å²) in [5.74, 6) is 4.35. The Labute approximate surface area is 707 Å². The Bertz CT molecular complexity index is 1610. The number of unbranched alkanes of at least 4 members (excludes halogenated alkanes) is 33. The minimum absolute atomic E-state index is 0. The van der Waals surface area contributed by atoms with Gasteiger partial charge >= 0.3 is 34.1 Å². The summed E-state index contributed by atoms with van der Waals surface area (Å²) in [6, 6.07) is 0. The van der Waals surface area contributed by atoms with Crippen LogP contribution in [0.4, 0.5) is 0 Å². The molecule has 0 radical (unpaired) electrons.